The predicted molar refractivity (Wildman–Crippen MR) is 61.7 cm³/mol. The largest absolute Gasteiger partial charge is 0.380 e. The van der Waals surface area contributed by atoms with Crippen molar-refractivity contribution >= 4 is 11.3 Å². The van der Waals surface area contributed by atoms with Crippen molar-refractivity contribution in [2.45, 2.75) is 32.2 Å². The molecular formula is C11H19NOS. The lowest BCUT2D eigenvalue weighted by molar-refractivity contribution is 0.0979. The maximum atomic E-state index is 6.10. The third-order valence-electron chi connectivity index (χ3n) is 2.16. The monoisotopic (exact) mass is 213 g/mol. The van der Waals surface area contributed by atoms with E-state index < -0.39 is 0 Å². The van der Waals surface area contributed by atoms with Gasteiger partial charge in [0, 0.05) is 17.0 Å². The zero-order valence-corrected chi connectivity index (χ0v) is 9.77. The summed E-state index contributed by atoms with van der Waals surface area (Å²) in [4.78, 5) is 1.40. The fourth-order valence-corrected chi connectivity index (χ4v) is 1.98. The first-order valence-electron chi connectivity index (χ1n) is 5.03. The summed E-state index contributed by atoms with van der Waals surface area (Å²) in [6.07, 6.45) is 2.03. The summed E-state index contributed by atoms with van der Waals surface area (Å²) in [5.74, 6) is 0. The Morgan fingerprint density at radius 2 is 2.36 bits per heavy atom. The third kappa shape index (κ3) is 4.22. The molecule has 1 heterocycles. The lowest BCUT2D eigenvalue weighted by atomic mass is 9.98. The first-order chi connectivity index (χ1) is 6.64. The van der Waals surface area contributed by atoms with Crippen LogP contribution in [0.25, 0.3) is 0 Å². The molecule has 3 heteroatoms. The minimum atomic E-state index is -0.194. The molecule has 0 radical (unpaired) electrons. The number of aryl methyl sites for hydroxylation is 1. The second-order valence-electron chi connectivity index (χ2n) is 3.87. The molecule has 80 valence electrons. The van der Waals surface area contributed by atoms with Crippen molar-refractivity contribution in [2.24, 2.45) is 5.73 Å². The van der Waals surface area contributed by atoms with Crippen molar-refractivity contribution in [3.05, 3.63) is 22.4 Å². The molecule has 0 aliphatic rings. The lowest BCUT2D eigenvalue weighted by Crippen LogP contribution is -2.41. The smallest absolute Gasteiger partial charge is 0.0643 e. The number of hydrogen-bond acceptors (Lipinski definition) is 3. The third-order valence-corrected chi connectivity index (χ3v) is 3.09. The van der Waals surface area contributed by atoms with Crippen molar-refractivity contribution in [1.82, 2.24) is 0 Å². The first-order valence-corrected chi connectivity index (χ1v) is 5.91. The molecule has 0 aromatic carbocycles. The molecule has 0 amide bonds. The quantitative estimate of drug-likeness (QED) is 0.787. The van der Waals surface area contributed by atoms with E-state index in [4.69, 9.17) is 10.5 Å². The number of rotatable bonds is 6. The van der Waals surface area contributed by atoms with Crippen LogP contribution < -0.4 is 5.73 Å². The lowest BCUT2D eigenvalue weighted by Gasteiger charge is -2.23. The molecule has 2 N–H and O–H groups in total. The van der Waals surface area contributed by atoms with Gasteiger partial charge in [0.15, 0.2) is 0 Å². The Morgan fingerprint density at radius 1 is 1.57 bits per heavy atom. The average Bonchev–Trinajstić information content (AvgIpc) is 2.64. The van der Waals surface area contributed by atoms with E-state index >= 15 is 0 Å². The highest BCUT2D eigenvalue weighted by Crippen LogP contribution is 2.16. The van der Waals surface area contributed by atoms with Gasteiger partial charge in [-0.15, -0.1) is 11.3 Å². The van der Waals surface area contributed by atoms with Gasteiger partial charge in [-0.1, -0.05) is 6.07 Å². The molecule has 1 aromatic rings. The highest BCUT2D eigenvalue weighted by atomic mass is 32.1. The van der Waals surface area contributed by atoms with E-state index in [0.717, 1.165) is 19.4 Å². The van der Waals surface area contributed by atoms with Crippen molar-refractivity contribution in [3.63, 3.8) is 0 Å². The second kappa shape index (κ2) is 5.49. The van der Waals surface area contributed by atoms with Crippen LogP contribution in [-0.2, 0) is 11.2 Å². The number of ether oxygens (including phenoxy) is 1. The highest BCUT2D eigenvalue weighted by Gasteiger charge is 2.18. The summed E-state index contributed by atoms with van der Waals surface area (Å²) in [7, 11) is 0. The summed E-state index contributed by atoms with van der Waals surface area (Å²) < 4.78 is 5.35. The number of hydrogen-bond donors (Lipinski definition) is 1. The van der Waals surface area contributed by atoms with Gasteiger partial charge in [0.05, 0.1) is 6.61 Å². The number of nitrogens with two attached hydrogens (primary N) is 1. The highest BCUT2D eigenvalue weighted by molar-refractivity contribution is 7.09. The maximum Gasteiger partial charge on any atom is 0.0643 e. The molecule has 0 saturated heterocycles. The molecule has 0 fully saturated rings. The average molecular weight is 213 g/mol. The maximum absolute atomic E-state index is 6.10. The van der Waals surface area contributed by atoms with E-state index in [1.54, 1.807) is 11.3 Å². The molecule has 0 spiro atoms. The molecule has 0 bridgehead atoms. The summed E-state index contributed by atoms with van der Waals surface area (Å²) in [5.41, 5.74) is 5.90. The van der Waals surface area contributed by atoms with E-state index in [1.807, 2.05) is 6.92 Å². The van der Waals surface area contributed by atoms with Crippen LogP contribution >= 0.6 is 11.3 Å². The van der Waals surface area contributed by atoms with Gasteiger partial charge in [0.1, 0.15) is 0 Å². The molecular weight excluding hydrogens is 194 g/mol. The van der Waals surface area contributed by atoms with Crippen LogP contribution in [0.1, 0.15) is 25.1 Å². The summed E-state index contributed by atoms with van der Waals surface area (Å²) in [6, 6.07) is 4.23. The van der Waals surface area contributed by atoms with Crippen molar-refractivity contribution in [2.75, 3.05) is 13.2 Å². The van der Waals surface area contributed by atoms with E-state index in [1.165, 1.54) is 4.88 Å². The zero-order valence-electron chi connectivity index (χ0n) is 8.95. The molecule has 0 aliphatic heterocycles. The van der Waals surface area contributed by atoms with Crippen LogP contribution in [0.3, 0.4) is 0 Å². The van der Waals surface area contributed by atoms with Crippen molar-refractivity contribution in [3.8, 4) is 0 Å². The van der Waals surface area contributed by atoms with Gasteiger partial charge >= 0.3 is 0 Å². The Balaban J connectivity index is 2.28. The Labute approximate surface area is 90.1 Å². The minimum absolute atomic E-state index is 0.194. The van der Waals surface area contributed by atoms with Gasteiger partial charge < -0.3 is 10.5 Å². The number of thiophene rings is 1. The zero-order chi connectivity index (χ0) is 10.4. The van der Waals surface area contributed by atoms with Crippen LogP contribution in [-0.4, -0.2) is 18.8 Å². The standard InChI is InChI=1S/C11H19NOS/c1-3-13-9-11(2,12)7-6-10-5-4-8-14-10/h4-5,8H,3,6-7,9,12H2,1-2H3. The molecule has 2 nitrogen and oxygen atoms in total. The molecule has 1 aromatic heterocycles. The topological polar surface area (TPSA) is 35.2 Å². The van der Waals surface area contributed by atoms with Crippen LogP contribution in [0.15, 0.2) is 17.5 Å². The van der Waals surface area contributed by atoms with Gasteiger partial charge in [0.2, 0.25) is 0 Å². The minimum Gasteiger partial charge on any atom is -0.380 e. The summed E-state index contributed by atoms with van der Waals surface area (Å²) in [5, 5.41) is 2.10. The van der Waals surface area contributed by atoms with Crippen LogP contribution in [0.2, 0.25) is 0 Å². The summed E-state index contributed by atoms with van der Waals surface area (Å²) in [6.45, 7) is 5.44. The molecule has 0 aliphatic carbocycles. The molecule has 0 saturated carbocycles. The van der Waals surface area contributed by atoms with Gasteiger partial charge in [0.25, 0.3) is 0 Å². The van der Waals surface area contributed by atoms with E-state index in [9.17, 15) is 0 Å². The van der Waals surface area contributed by atoms with E-state index in [2.05, 4.69) is 24.4 Å². The van der Waals surface area contributed by atoms with Gasteiger partial charge in [-0.05, 0) is 38.1 Å². The normalized spacial score (nSPS) is 15.4. The fraction of sp³-hybridized carbons (Fsp3) is 0.636. The van der Waals surface area contributed by atoms with Gasteiger partial charge in [-0.2, -0.15) is 0 Å². The van der Waals surface area contributed by atoms with Gasteiger partial charge in [-0.25, -0.2) is 0 Å². The van der Waals surface area contributed by atoms with Crippen LogP contribution in [0.4, 0.5) is 0 Å². The molecule has 1 atom stereocenters. The van der Waals surface area contributed by atoms with Crippen molar-refractivity contribution < 1.29 is 4.74 Å². The van der Waals surface area contributed by atoms with E-state index in [0.29, 0.717) is 6.61 Å². The van der Waals surface area contributed by atoms with E-state index in [-0.39, 0.29) is 5.54 Å². The second-order valence-corrected chi connectivity index (χ2v) is 4.90. The van der Waals surface area contributed by atoms with Crippen LogP contribution in [0.5, 0.6) is 0 Å². The fourth-order valence-electron chi connectivity index (χ4n) is 1.27. The van der Waals surface area contributed by atoms with Crippen LogP contribution in [0, 0.1) is 0 Å². The Bertz CT molecular complexity index is 244. The Morgan fingerprint density at radius 3 is 2.93 bits per heavy atom. The summed E-state index contributed by atoms with van der Waals surface area (Å²) >= 11 is 1.79. The van der Waals surface area contributed by atoms with Gasteiger partial charge in [-0.3, -0.25) is 0 Å². The Kier molecular flexibility index (Phi) is 4.58. The Hall–Kier alpha value is -0.380. The van der Waals surface area contributed by atoms with Crippen molar-refractivity contribution in [1.29, 1.82) is 0 Å². The SMILES string of the molecule is CCOCC(C)(N)CCc1cccs1. The molecule has 14 heavy (non-hydrogen) atoms. The molecule has 1 rings (SSSR count). The molecule has 1 unspecified atom stereocenters. The predicted octanol–water partition coefficient (Wildman–Crippen LogP) is 2.43. The first kappa shape index (κ1) is 11.7.